The van der Waals surface area contributed by atoms with Gasteiger partial charge in [0.15, 0.2) is 5.78 Å². The van der Waals surface area contributed by atoms with Gasteiger partial charge in [-0.15, -0.1) is 0 Å². The van der Waals surface area contributed by atoms with Crippen LogP contribution in [0.5, 0.6) is 0 Å². The molecule has 1 heterocycles. The first-order valence-electron chi connectivity index (χ1n) is 6.72. The number of rotatable bonds is 2. The molecule has 0 aromatic heterocycles. The Hall–Kier alpha value is -2.35. The fourth-order valence-electron chi connectivity index (χ4n) is 2.53. The van der Waals surface area contributed by atoms with E-state index in [9.17, 15) is 4.79 Å². The first-order valence-corrected chi connectivity index (χ1v) is 6.72. The zero-order valence-electron chi connectivity index (χ0n) is 11.4. The third-order valence-corrected chi connectivity index (χ3v) is 3.58. The van der Waals surface area contributed by atoms with Crippen LogP contribution in [0.3, 0.4) is 0 Å². The molecule has 0 bridgehead atoms. The standard InChI is InChI=1S/C18H16O2/c1-18(15-10-6-3-7-11-15)13-16(19)12-17(20-18)14-8-4-2-5-9-14/h2-12H,13H2,1H3. The smallest absolute Gasteiger partial charge is 0.163 e. The molecule has 0 aliphatic carbocycles. The zero-order chi connectivity index (χ0) is 14.0. The van der Waals surface area contributed by atoms with E-state index in [4.69, 9.17) is 4.74 Å². The molecular formula is C18H16O2. The minimum Gasteiger partial charge on any atom is -0.482 e. The van der Waals surface area contributed by atoms with E-state index in [0.717, 1.165) is 11.1 Å². The summed E-state index contributed by atoms with van der Waals surface area (Å²) in [5.74, 6) is 0.745. The zero-order valence-corrected chi connectivity index (χ0v) is 11.4. The molecule has 2 nitrogen and oxygen atoms in total. The van der Waals surface area contributed by atoms with Crippen molar-refractivity contribution in [3.63, 3.8) is 0 Å². The Morgan fingerprint density at radius 2 is 1.55 bits per heavy atom. The Morgan fingerprint density at radius 3 is 2.20 bits per heavy atom. The highest BCUT2D eigenvalue weighted by Crippen LogP contribution is 2.38. The van der Waals surface area contributed by atoms with Crippen LogP contribution >= 0.6 is 0 Å². The van der Waals surface area contributed by atoms with E-state index in [1.807, 2.05) is 67.6 Å². The summed E-state index contributed by atoms with van der Waals surface area (Å²) in [6.45, 7) is 1.97. The van der Waals surface area contributed by atoms with Gasteiger partial charge in [-0.3, -0.25) is 4.79 Å². The van der Waals surface area contributed by atoms with Crippen molar-refractivity contribution in [1.29, 1.82) is 0 Å². The molecule has 100 valence electrons. The van der Waals surface area contributed by atoms with E-state index in [1.54, 1.807) is 6.08 Å². The summed E-state index contributed by atoms with van der Waals surface area (Å²) in [5.41, 5.74) is 1.36. The quantitative estimate of drug-likeness (QED) is 0.821. The highest BCUT2D eigenvalue weighted by molar-refractivity contribution is 5.97. The second-order valence-corrected chi connectivity index (χ2v) is 5.22. The van der Waals surface area contributed by atoms with Gasteiger partial charge in [0, 0.05) is 11.6 Å². The van der Waals surface area contributed by atoms with Gasteiger partial charge in [0.1, 0.15) is 11.4 Å². The Morgan fingerprint density at radius 1 is 0.950 bits per heavy atom. The molecule has 0 N–H and O–H groups in total. The predicted molar refractivity (Wildman–Crippen MR) is 78.9 cm³/mol. The fourth-order valence-corrected chi connectivity index (χ4v) is 2.53. The first kappa shape index (κ1) is 12.7. The van der Waals surface area contributed by atoms with Crippen molar-refractivity contribution in [2.75, 3.05) is 0 Å². The molecule has 0 saturated carbocycles. The van der Waals surface area contributed by atoms with Crippen molar-refractivity contribution < 1.29 is 9.53 Å². The summed E-state index contributed by atoms with van der Waals surface area (Å²) >= 11 is 0. The molecule has 2 aromatic rings. The molecule has 2 heteroatoms. The Balaban J connectivity index is 1.99. The van der Waals surface area contributed by atoms with Gasteiger partial charge in [-0.1, -0.05) is 60.7 Å². The van der Waals surface area contributed by atoms with Crippen LogP contribution in [0.15, 0.2) is 66.7 Å². The van der Waals surface area contributed by atoms with Crippen molar-refractivity contribution in [1.82, 2.24) is 0 Å². The second-order valence-electron chi connectivity index (χ2n) is 5.22. The van der Waals surface area contributed by atoms with Gasteiger partial charge in [-0.05, 0) is 12.5 Å². The lowest BCUT2D eigenvalue weighted by molar-refractivity contribution is -0.120. The Kier molecular flexibility index (Phi) is 3.15. The van der Waals surface area contributed by atoms with E-state index in [-0.39, 0.29) is 5.78 Å². The van der Waals surface area contributed by atoms with Crippen molar-refractivity contribution in [3.8, 4) is 0 Å². The lowest BCUT2D eigenvalue weighted by Crippen LogP contribution is -2.31. The van der Waals surface area contributed by atoms with E-state index in [1.165, 1.54) is 0 Å². The van der Waals surface area contributed by atoms with E-state index < -0.39 is 5.60 Å². The third-order valence-electron chi connectivity index (χ3n) is 3.58. The number of benzene rings is 2. The molecule has 1 aliphatic rings. The Bertz CT molecular complexity index is 644. The summed E-state index contributed by atoms with van der Waals surface area (Å²) in [4.78, 5) is 12.1. The van der Waals surface area contributed by atoms with Gasteiger partial charge in [0.25, 0.3) is 0 Å². The number of ether oxygens (including phenoxy) is 1. The molecular weight excluding hydrogens is 248 g/mol. The highest BCUT2D eigenvalue weighted by Gasteiger charge is 2.35. The van der Waals surface area contributed by atoms with Crippen LogP contribution in [0.1, 0.15) is 24.5 Å². The maximum atomic E-state index is 12.1. The fraction of sp³-hybridized carbons (Fsp3) is 0.167. The van der Waals surface area contributed by atoms with Gasteiger partial charge in [0.2, 0.25) is 0 Å². The molecule has 20 heavy (non-hydrogen) atoms. The average Bonchev–Trinajstić information content (AvgIpc) is 2.48. The largest absolute Gasteiger partial charge is 0.482 e. The minimum atomic E-state index is -0.599. The molecule has 1 unspecified atom stereocenters. The molecule has 0 amide bonds. The SMILES string of the molecule is CC1(c2ccccc2)CC(=O)C=C(c2ccccc2)O1. The number of hydrogen-bond acceptors (Lipinski definition) is 2. The van der Waals surface area contributed by atoms with Crippen molar-refractivity contribution >= 4 is 11.5 Å². The predicted octanol–water partition coefficient (Wildman–Crippen LogP) is 3.93. The van der Waals surface area contributed by atoms with Crippen LogP contribution < -0.4 is 0 Å². The molecule has 0 saturated heterocycles. The van der Waals surface area contributed by atoms with Crippen molar-refractivity contribution in [3.05, 3.63) is 77.9 Å². The van der Waals surface area contributed by atoms with Crippen molar-refractivity contribution in [2.45, 2.75) is 18.9 Å². The second kappa shape index (κ2) is 4.97. The molecule has 0 spiro atoms. The summed E-state index contributed by atoms with van der Waals surface area (Å²) in [7, 11) is 0. The minimum absolute atomic E-state index is 0.0986. The molecule has 1 aliphatic heterocycles. The topological polar surface area (TPSA) is 26.3 Å². The van der Waals surface area contributed by atoms with Crippen LogP contribution in [-0.2, 0) is 15.1 Å². The van der Waals surface area contributed by atoms with Gasteiger partial charge < -0.3 is 4.74 Å². The summed E-state index contributed by atoms with van der Waals surface area (Å²) in [6, 6.07) is 19.6. The lowest BCUT2D eigenvalue weighted by Gasteiger charge is -2.34. The summed E-state index contributed by atoms with van der Waals surface area (Å²) in [5, 5.41) is 0. The maximum Gasteiger partial charge on any atom is 0.163 e. The van der Waals surface area contributed by atoms with Gasteiger partial charge >= 0.3 is 0 Å². The number of carbonyl (C=O) groups is 1. The normalized spacial score (nSPS) is 22.1. The van der Waals surface area contributed by atoms with Crippen LogP contribution in [0.25, 0.3) is 5.76 Å². The first-order chi connectivity index (χ1) is 9.67. The average molecular weight is 264 g/mol. The van der Waals surface area contributed by atoms with Gasteiger partial charge in [0.05, 0.1) is 6.42 Å². The van der Waals surface area contributed by atoms with E-state index in [2.05, 4.69) is 0 Å². The van der Waals surface area contributed by atoms with Crippen LogP contribution in [0.2, 0.25) is 0 Å². The third kappa shape index (κ3) is 2.37. The number of carbonyl (C=O) groups excluding carboxylic acids is 1. The van der Waals surface area contributed by atoms with Gasteiger partial charge in [-0.25, -0.2) is 0 Å². The van der Waals surface area contributed by atoms with E-state index in [0.29, 0.717) is 12.2 Å². The monoisotopic (exact) mass is 264 g/mol. The summed E-state index contributed by atoms with van der Waals surface area (Å²) < 4.78 is 6.16. The number of hydrogen-bond donors (Lipinski definition) is 0. The molecule has 0 fully saturated rings. The van der Waals surface area contributed by atoms with Crippen LogP contribution in [0.4, 0.5) is 0 Å². The molecule has 3 rings (SSSR count). The van der Waals surface area contributed by atoms with Gasteiger partial charge in [-0.2, -0.15) is 0 Å². The molecule has 0 radical (unpaired) electrons. The van der Waals surface area contributed by atoms with Crippen molar-refractivity contribution in [2.24, 2.45) is 0 Å². The van der Waals surface area contributed by atoms with E-state index >= 15 is 0 Å². The Labute approximate surface area is 118 Å². The maximum absolute atomic E-state index is 12.1. The molecule has 2 aromatic carbocycles. The lowest BCUT2D eigenvalue weighted by atomic mass is 9.88. The van der Waals surface area contributed by atoms with Crippen LogP contribution in [0, 0.1) is 0 Å². The summed E-state index contributed by atoms with van der Waals surface area (Å²) in [6.07, 6.45) is 1.97. The highest BCUT2D eigenvalue weighted by atomic mass is 16.5. The molecule has 1 atom stereocenters. The number of allylic oxidation sites excluding steroid dienone is 1. The van der Waals surface area contributed by atoms with Crippen LogP contribution in [-0.4, -0.2) is 5.78 Å². The number of ketones is 1.